The molecule has 0 atom stereocenters. The molecule has 192 valence electrons. The Labute approximate surface area is 224 Å². The third-order valence-electron chi connectivity index (χ3n) is 5.67. The van der Waals surface area contributed by atoms with E-state index in [-0.39, 0.29) is 28.2 Å². The number of hydrogen-bond acceptors (Lipinski definition) is 7. The first-order valence-corrected chi connectivity index (χ1v) is 12.2. The molecule has 0 saturated carbocycles. The maximum absolute atomic E-state index is 13.4. The molecule has 3 heterocycles. The monoisotopic (exact) mass is 540 g/mol. The van der Waals surface area contributed by atoms with E-state index in [1.54, 1.807) is 46.2 Å². The summed E-state index contributed by atoms with van der Waals surface area (Å²) in [6, 6.07) is 10.8. The van der Waals surface area contributed by atoms with Crippen LogP contribution in [0.2, 0.25) is 10.0 Å². The van der Waals surface area contributed by atoms with Crippen molar-refractivity contribution in [3.63, 3.8) is 0 Å². The molecule has 0 spiro atoms. The molecule has 0 radical (unpaired) electrons. The van der Waals surface area contributed by atoms with E-state index in [4.69, 9.17) is 32.7 Å². The predicted molar refractivity (Wildman–Crippen MR) is 143 cm³/mol. The van der Waals surface area contributed by atoms with Gasteiger partial charge in [-0.1, -0.05) is 35.3 Å². The van der Waals surface area contributed by atoms with E-state index in [1.165, 1.54) is 10.8 Å². The van der Waals surface area contributed by atoms with E-state index < -0.39 is 11.2 Å². The van der Waals surface area contributed by atoms with Gasteiger partial charge in [0.05, 0.1) is 29.2 Å². The number of nitrogens with zero attached hydrogens (tertiary/aromatic N) is 4. The van der Waals surface area contributed by atoms with Crippen LogP contribution in [0.25, 0.3) is 17.1 Å². The Morgan fingerprint density at radius 2 is 1.84 bits per heavy atom. The molecule has 4 aromatic rings. The molecule has 3 aromatic heterocycles. The Morgan fingerprint density at radius 1 is 1.08 bits per heavy atom. The van der Waals surface area contributed by atoms with Crippen LogP contribution in [0, 0.1) is 13.8 Å². The highest BCUT2D eigenvalue weighted by molar-refractivity contribution is 6.33. The fraction of sp³-hybridized carbons (Fsp3) is 0.259. The second-order valence-electron chi connectivity index (χ2n) is 9.05. The van der Waals surface area contributed by atoms with Gasteiger partial charge < -0.3 is 14.6 Å². The molecule has 1 N–H and O–H groups in total. The molecule has 10 heteroatoms. The highest BCUT2D eigenvalue weighted by Crippen LogP contribution is 2.30. The van der Waals surface area contributed by atoms with E-state index >= 15 is 0 Å². The topological polar surface area (TPSA) is 99.4 Å². The summed E-state index contributed by atoms with van der Waals surface area (Å²) in [4.78, 5) is 26.5. The second kappa shape index (κ2) is 10.5. The summed E-state index contributed by atoms with van der Waals surface area (Å²) in [6.07, 6.45) is 3.07. The Balaban J connectivity index is 1.73. The Bertz CT molecular complexity index is 1530. The second-order valence-corrected chi connectivity index (χ2v) is 9.84. The number of pyridine rings is 2. The molecule has 0 bridgehead atoms. The highest BCUT2D eigenvalue weighted by atomic mass is 35.5. The minimum Gasteiger partial charge on any atom is -0.497 e. The quantitative estimate of drug-likeness (QED) is 0.333. The zero-order chi connectivity index (χ0) is 26.9. The summed E-state index contributed by atoms with van der Waals surface area (Å²) in [6.45, 7) is 7.00. The molecule has 0 unspecified atom stereocenters. The summed E-state index contributed by atoms with van der Waals surface area (Å²) in [5.41, 5.74) is 1.81. The summed E-state index contributed by atoms with van der Waals surface area (Å²) >= 11 is 12.9. The smallest absolute Gasteiger partial charge is 0.277 e. The van der Waals surface area contributed by atoms with E-state index in [9.17, 15) is 9.90 Å². The molecule has 0 fully saturated rings. The molecule has 1 aromatic carbocycles. The van der Waals surface area contributed by atoms with Crippen LogP contribution in [0.3, 0.4) is 0 Å². The number of benzene rings is 1. The number of aliphatic hydroxyl groups is 1. The van der Waals surface area contributed by atoms with Gasteiger partial charge in [0.25, 0.3) is 5.56 Å². The third kappa shape index (κ3) is 5.61. The van der Waals surface area contributed by atoms with Crippen molar-refractivity contribution in [1.29, 1.82) is 0 Å². The van der Waals surface area contributed by atoms with Crippen LogP contribution >= 0.6 is 23.2 Å². The van der Waals surface area contributed by atoms with E-state index in [0.717, 1.165) is 11.1 Å². The fourth-order valence-electron chi connectivity index (χ4n) is 3.73. The normalized spacial score (nSPS) is 11.5. The number of aryl methyl sites for hydroxylation is 2. The van der Waals surface area contributed by atoms with Crippen molar-refractivity contribution in [3.8, 4) is 28.6 Å². The SMILES string of the molecule is COc1cccc(COc2cc(C)n(-c3cc(-c4nc(C(C)(C)O)ncc4C)ncc3Cl)c(=O)c2Cl)c1. The lowest BCUT2D eigenvalue weighted by Gasteiger charge is -2.18. The van der Waals surface area contributed by atoms with Crippen molar-refractivity contribution in [1.82, 2.24) is 19.5 Å². The van der Waals surface area contributed by atoms with Crippen LogP contribution < -0.4 is 15.0 Å². The summed E-state index contributed by atoms with van der Waals surface area (Å²) < 4.78 is 12.5. The standard InChI is InChI=1S/C27H26Cl2N4O4/c1-15-12-31-26(27(3,4)35)32-24(15)20-11-21(19(28)13-30-20)33-16(2)9-22(23(29)25(33)34)37-14-17-7-6-8-18(10-17)36-5/h6-13,35H,14H2,1-5H3. The molecular formula is C27H26Cl2N4O4. The maximum atomic E-state index is 13.4. The minimum absolute atomic E-state index is 0.0783. The van der Waals surface area contributed by atoms with Gasteiger partial charge in [-0.3, -0.25) is 14.3 Å². The largest absolute Gasteiger partial charge is 0.497 e. The number of methoxy groups -OCH3 is 1. The lowest BCUT2D eigenvalue weighted by atomic mass is 10.1. The summed E-state index contributed by atoms with van der Waals surface area (Å²) in [5, 5.41) is 10.5. The van der Waals surface area contributed by atoms with Gasteiger partial charge in [0, 0.05) is 24.2 Å². The summed E-state index contributed by atoms with van der Waals surface area (Å²) in [5.74, 6) is 1.21. The van der Waals surface area contributed by atoms with Crippen LogP contribution in [-0.4, -0.2) is 31.7 Å². The molecule has 8 nitrogen and oxygen atoms in total. The molecule has 0 aliphatic carbocycles. The summed E-state index contributed by atoms with van der Waals surface area (Å²) in [7, 11) is 1.59. The van der Waals surface area contributed by atoms with Crippen LogP contribution in [0.4, 0.5) is 0 Å². The molecule has 4 rings (SSSR count). The fourth-order valence-corrected chi connectivity index (χ4v) is 4.12. The molecule has 0 saturated heterocycles. The first-order chi connectivity index (χ1) is 17.5. The zero-order valence-electron chi connectivity index (χ0n) is 21.0. The molecule has 0 amide bonds. The zero-order valence-corrected chi connectivity index (χ0v) is 22.6. The average molecular weight is 541 g/mol. The van der Waals surface area contributed by atoms with Gasteiger partial charge >= 0.3 is 0 Å². The number of halogens is 2. The number of rotatable bonds is 7. The van der Waals surface area contributed by atoms with Gasteiger partial charge in [-0.15, -0.1) is 0 Å². The molecule has 0 aliphatic rings. The van der Waals surface area contributed by atoms with Crippen LogP contribution in [0.5, 0.6) is 11.5 Å². The highest BCUT2D eigenvalue weighted by Gasteiger charge is 2.22. The van der Waals surface area contributed by atoms with Crippen molar-refractivity contribution in [2.45, 2.75) is 39.9 Å². The maximum Gasteiger partial charge on any atom is 0.277 e. The Kier molecular flexibility index (Phi) is 7.54. The number of aromatic nitrogens is 4. The van der Waals surface area contributed by atoms with Crippen molar-refractivity contribution >= 4 is 23.2 Å². The third-order valence-corrected chi connectivity index (χ3v) is 6.31. The lowest BCUT2D eigenvalue weighted by Crippen LogP contribution is -2.22. The van der Waals surface area contributed by atoms with E-state index in [1.807, 2.05) is 31.2 Å². The average Bonchev–Trinajstić information content (AvgIpc) is 2.86. The van der Waals surface area contributed by atoms with Gasteiger partial charge in [-0.05, 0) is 57.0 Å². The van der Waals surface area contributed by atoms with E-state index in [2.05, 4.69) is 15.0 Å². The number of hydrogen-bond donors (Lipinski definition) is 1. The first-order valence-electron chi connectivity index (χ1n) is 11.4. The van der Waals surface area contributed by atoms with Gasteiger partial charge in [0.2, 0.25) is 0 Å². The van der Waals surface area contributed by atoms with Crippen molar-refractivity contribution in [2.24, 2.45) is 0 Å². The minimum atomic E-state index is -1.24. The Hall–Kier alpha value is -3.46. The first kappa shape index (κ1) is 26.6. The van der Waals surface area contributed by atoms with Crippen molar-refractivity contribution in [3.05, 3.63) is 91.8 Å². The van der Waals surface area contributed by atoms with E-state index in [0.29, 0.717) is 28.5 Å². The van der Waals surface area contributed by atoms with Crippen molar-refractivity contribution in [2.75, 3.05) is 7.11 Å². The molecule has 0 aliphatic heterocycles. The number of ether oxygens (including phenoxy) is 2. The lowest BCUT2D eigenvalue weighted by molar-refractivity contribution is 0.0688. The van der Waals surface area contributed by atoms with Crippen molar-refractivity contribution < 1.29 is 14.6 Å². The van der Waals surface area contributed by atoms with Gasteiger partial charge in [0.1, 0.15) is 28.7 Å². The van der Waals surface area contributed by atoms with Gasteiger partial charge in [-0.2, -0.15) is 0 Å². The molecular weight excluding hydrogens is 515 g/mol. The molecule has 37 heavy (non-hydrogen) atoms. The van der Waals surface area contributed by atoms with Crippen LogP contribution in [0.15, 0.2) is 53.6 Å². The van der Waals surface area contributed by atoms with Gasteiger partial charge in [0.15, 0.2) is 5.82 Å². The Morgan fingerprint density at radius 3 is 2.54 bits per heavy atom. The van der Waals surface area contributed by atoms with Crippen LogP contribution in [-0.2, 0) is 12.2 Å². The van der Waals surface area contributed by atoms with Crippen LogP contribution in [0.1, 0.15) is 36.5 Å². The predicted octanol–water partition coefficient (Wildman–Crippen LogP) is 5.43. The van der Waals surface area contributed by atoms with Gasteiger partial charge in [-0.25, -0.2) is 9.97 Å².